The molecule has 3 rings (SSSR count). The third-order valence-corrected chi connectivity index (χ3v) is 5.12. The predicted molar refractivity (Wildman–Crippen MR) is 98.9 cm³/mol. The fourth-order valence-electron chi connectivity index (χ4n) is 4.09. The Morgan fingerprint density at radius 3 is 2.20 bits per heavy atom. The normalized spacial score (nSPS) is 24.9. The second-order valence-electron chi connectivity index (χ2n) is 7.59. The molecule has 3 heterocycles. The molecule has 0 saturated carbocycles. The van der Waals surface area contributed by atoms with Crippen LogP contribution in [0.2, 0.25) is 0 Å². The lowest BCUT2D eigenvalue weighted by molar-refractivity contribution is -0.383. The zero-order valence-electron chi connectivity index (χ0n) is 15.1. The highest BCUT2D eigenvalue weighted by Crippen LogP contribution is 2.36. The van der Waals surface area contributed by atoms with E-state index in [1.807, 2.05) is 4.90 Å². The Kier molecular flexibility index (Phi) is 5.24. The van der Waals surface area contributed by atoms with Gasteiger partial charge < -0.3 is 15.5 Å². The minimum absolute atomic E-state index is 0.0277. The molecule has 0 radical (unpaired) electrons. The first kappa shape index (κ1) is 17.7. The molecule has 0 bridgehead atoms. The van der Waals surface area contributed by atoms with Crippen molar-refractivity contribution in [1.82, 2.24) is 9.97 Å². The van der Waals surface area contributed by atoms with Gasteiger partial charge in [-0.1, -0.05) is 26.7 Å². The van der Waals surface area contributed by atoms with E-state index in [1.54, 1.807) is 0 Å². The van der Waals surface area contributed by atoms with Gasteiger partial charge in [-0.25, -0.2) is 0 Å². The fraction of sp³-hybridized carbons (Fsp3) is 0.765. The van der Waals surface area contributed by atoms with Crippen LogP contribution in [0.15, 0.2) is 0 Å². The van der Waals surface area contributed by atoms with E-state index in [0.717, 1.165) is 45.4 Å². The van der Waals surface area contributed by atoms with Crippen LogP contribution >= 0.6 is 0 Å². The molecule has 25 heavy (non-hydrogen) atoms. The van der Waals surface area contributed by atoms with Crippen LogP contribution < -0.4 is 15.5 Å². The van der Waals surface area contributed by atoms with Crippen LogP contribution in [0.4, 0.5) is 23.3 Å². The summed E-state index contributed by atoms with van der Waals surface area (Å²) in [6.45, 7) is 7.64. The second-order valence-corrected chi connectivity index (χ2v) is 7.59. The number of nitrogens with zero attached hydrogens (tertiary/aromatic N) is 5. The molecule has 0 aliphatic carbocycles. The molecule has 2 atom stereocenters. The first-order valence-corrected chi connectivity index (χ1v) is 9.27. The van der Waals surface area contributed by atoms with Gasteiger partial charge >= 0.3 is 5.69 Å². The molecule has 0 spiro atoms. The van der Waals surface area contributed by atoms with E-state index in [2.05, 4.69) is 28.7 Å². The molecular weight excluding hydrogens is 320 g/mol. The molecule has 0 aromatic carbocycles. The van der Waals surface area contributed by atoms with Crippen molar-refractivity contribution >= 4 is 23.3 Å². The van der Waals surface area contributed by atoms with Crippen molar-refractivity contribution in [1.29, 1.82) is 0 Å². The average Bonchev–Trinajstić information content (AvgIpc) is 2.82. The number of nitro groups is 1. The largest absolute Gasteiger partial charge is 0.378 e. The highest BCUT2D eigenvalue weighted by atomic mass is 16.6. The zero-order chi connectivity index (χ0) is 18.0. The van der Waals surface area contributed by atoms with Gasteiger partial charge in [-0.3, -0.25) is 10.1 Å². The Bertz CT molecular complexity index is 620. The Hall–Kier alpha value is -2.12. The van der Waals surface area contributed by atoms with E-state index in [9.17, 15) is 10.1 Å². The van der Waals surface area contributed by atoms with Crippen molar-refractivity contribution in [2.45, 2.75) is 46.0 Å². The molecule has 0 amide bonds. The number of anilines is 3. The number of rotatable bonds is 3. The Labute approximate surface area is 148 Å². The van der Waals surface area contributed by atoms with Gasteiger partial charge in [0.05, 0.1) is 4.92 Å². The molecule has 2 aliphatic rings. The maximum Gasteiger partial charge on any atom is 0.353 e. The van der Waals surface area contributed by atoms with Gasteiger partial charge in [-0.15, -0.1) is 0 Å². The maximum atomic E-state index is 11.6. The van der Waals surface area contributed by atoms with Crippen molar-refractivity contribution in [2.75, 3.05) is 41.7 Å². The molecule has 2 N–H and O–H groups in total. The molecule has 2 fully saturated rings. The van der Waals surface area contributed by atoms with Gasteiger partial charge in [0.1, 0.15) is 0 Å². The number of piperidine rings is 1. The summed E-state index contributed by atoms with van der Waals surface area (Å²) in [4.78, 5) is 24.2. The number of nitrogen functional groups attached to an aromatic ring is 1. The minimum atomic E-state index is -0.444. The third-order valence-electron chi connectivity index (χ3n) is 5.12. The van der Waals surface area contributed by atoms with E-state index in [4.69, 9.17) is 5.73 Å². The Balaban J connectivity index is 1.99. The topological polar surface area (TPSA) is 101 Å². The molecular formula is C17H28N6O2. The summed E-state index contributed by atoms with van der Waals surface area (Å²) in [6, 6.07) is 0. The van der Waals surface area contributed by atoms with Crippen LogP contribution in [-0.2, 0) is 0 Å². The molecule has 2 saturated heterocycles. The molecule has 2 aliphatic heterocycles. The van der Waals surface area contributed by atoms with Crippen LogP contribution in [0.1, 0.15) is 46.0 Å². The van der Waals surface area contributed by atoms with Gasteiger partial charge in [-0.05, 0) is 31.1 Å². The molecule has 138 valence electrons. The van der Waals surface area contributed by atoms with Gasteiger partial charge in [0, 0.05) is 26.2 Å². The predicted octanol–water partition coefficient (Wildman–Crippen LogP) is 2.83. The van der Waals surface area contributed by atoms with Crippen molar-refractivity contribution in [3.8, 4) is 0 Å². The van der Waals surface area contributed by atoms with Crippen molar-refractivity contribution in [2.24, 2.45) is 11.8 Å². The summed E-state index contributed by atoms with van der Waals surface area (Å²) in [7, 11) is 0. The molecule has 0 unspecified atom stereocenters. The smallest absolute Gasteiger partial charge is 0.353 e. The van der Waals surface area contributed by atoms with Gasteiger partial charge in [0.15, 0.2) is 0 Å². The molecule has 1 aromatic heterocycles. The van der Waals surface area contributed by atoms with E-state index >= 15 is 0 Å². The maximum absolute atomic E-state index is 11.6. The Morgan fingerprint density at radius 1 is 1.04 bits per heavy atom. The van der Waals surface area contributed by atoms with Crippen LogP contribution in [0, 0.1) is 22.0 Å². The first-order chi connectivity index (χ1) is 12.0. The van der Waals surface area contributed by atoms with Crippen molar-refractivity contribution < 1.29 is 4.92 Å². The third kappa shape index (κ3) is 3.93. The van der Waals surface area contributed by atoms with Crippen LogP contribution in [0.5, 0.6) is 0 Å². The van der Waals surface area contributed by atoms with E-state index in [1.165, 1.54) is 12.8 Å². The summed E-state index contributed by atoms with van der Waals surface area (Å²) >= 11 is 0. The number of aromatic nitrogens is 2. The number of hydrogen-bond acceptors (Lipinski definition) is 7. The lowest BCUT2D eigenvalue weighted by Crippen LogP contribution is -2.40. The summed E-state index contributed by atoms with van der Waals surface area (Å²) in [5, 5.41) is 11.6. The van der Waals surface area contributed by atoms with Gasteiger partial charge in [-0.2, -0.15) is 9.97 Å². The SMILES string of the molecule is C[C@H]1C[C@H](C)CN(c2nc(N3CCCCCC3)nc(N)c2[N+](=O)[O-])C1. The highest BCUT2D eigenvalue weighted by molar-refractivity contribution is 5.71. The minimum Gasteiger partial charge on any atom is -0.378 e. The Morgan fingerprint density at radius 2 is 1.64 bits per heavy atom. The van der Waals surface area contributed by atoms with Crippen LogP contribution in [0.3, 0.4) is 0 Å². The standard InChI is InChI=1S/C17H28N6O2/c1-12-9-13(2)11-22(10-12)16-14(23(24)25)15(18)19-17(20-16)21-7-5-3-4-6-8-21/h12-13H,3-11H2,1-2H3,(H2,18,19,20)/t12-,13-/m0/s1. The van der Waals surface area contributed by atoms with Gasteiger partial charge in [0.25, 0.3) is 0 Å². The first-order valence-electron chi connectivity index (χ1n) is 9.27. The van der Waals surface area contributed by atoms with E-state index in [0.29, 0.717) is 23.6 Å². The summed E-state index contributed by atoms with van der Waals surface area (Å²) in [5.74, 6) is 1.84. The monoisotopic (exact) mass is 348 g/mol. The number of nitrogens with two attached hydrogens (primary N) is 1. The zero-order valence-corrected chi connectivity index (χ0v) is 15.1. The van der Waals surface area contributed by atoms with Crippen molar-refractivity contribution in [3.05, 3.63) is 10.1 Å². The second kappa shape index (κ2) is 7.41. The van der Waals surface area contributed by atoms with Crippen LogP contribution in [0.25, 0.3) is 0 Å². The number of hydrogen-bond donors (Lipinski definition) is 1. The summed E-state index contributed by atoms with van der Waals surface area (Å²) in [5.41, 5.74) is 5.85. The highest BCUT2D eigenvalue weighted by Gasteiger charge is 2.32. The quantitative estimate of drug-likeness (QED) is 0.662. The summed E-state index contributed by atoms with van der Waals surface area (Å²) < 4.78 is 0. The van der Waals surface area contributed by atoms with E-state index in [-0.39, 0.29) is 11.5 Å². The fourth-order valence-corrected chi connectivity index (χ4v) is 4.09. The molecule has 8 nitrogen and oxygen atoms in total. The van der Waals surface area contributed by atoms with Crippen LogP contribution in [-0.4, -0.2) is 41.1 Å². The molecule has 8 heteroatoms. The average molecular weight is 348 g/mol. The van der Waals surface area contributed by atoms with E-state index < -0.39 is 4.92 Å². The molecule has 1 aromatic rings. The summed E-state index contributed by atoms with van der Waals surface area (Å²) in [6.07, 6.45) is 5.71. The lowest BCUT2D eigenvalue weighted by Gasteiger charge is -2.35. The van der Waals surface area contributed by atoms with Gasteiger partial charge in [0.2, 0.25) is 17.6 Å². The lowest BCUT2D eigenvalue weighted by atomic mass is 9.92. The van der Waals surface area contributed by atoms with Crippen molar-refractivity contribution in [3.63, 3.8) is 0 Å².